The van der Waals surface area contributed by atoms with Gasteiger partial charge in [0.15, 0.2) is 9.79 Å². The standard InChI is InChI=1S/C20H26OS3/c1-19(2,3)22-15-7-11-17(12-8-15)24(21)18-13-9-16(10-14-18)23-20(4,5)6/h7-14H,1-6H3. The van der Waals surface area contributed by atoms with Gasteiger partial charge in [0.05, 0.1) is 0 Å². The summed E-state index contributed by atoms with van der Waals surface area (Å²) in [5.74, 6) is 0. The van der Waals surface area contributed by atoms with E-state index >= 15 is 0 Å². The van der Waals surface area contributed by atoms with Crippen LogP contribution in [0.3, 0.4) is 0 Å². The molecule has 0 bridgehead atoms. The van der Waals surface area contributed by atoms with Gasteiger partial charge in [0.25, 0.3) is 0 Å². The van der Waals surface area contributed by atoms with E-state index in [4.69, 9.17) is 0 Å². The van der Waals surface area contributed by atoms with E-state index in [-0.39, 0.29) is 9.49 Å². The van der Waals surface area contributed by atoms with E-state index in [1.807, 2.05) is 47.8 Å². The Kier molecular flexibility index (Phi) is 6.40. The van der Waals surface area contributed by atoms with Crippen molar-refractivity contribution >= 4 is 34.7 Å². The molecule has 2 rings (SSSR count). The third kappa shape index (κ3) is 6.40. The van der Waals surface area contributed by atoms with E-state index in [2.05, 4.69) is 65.8 Å². The molecule has 0 aliphatic carbocycles. The number of thioether (sulfide) groups is 2. The molecule has 0 radical (unpaired) electrons. The second-order valence-electron chi connectivity index (χ2n) is 7.64. The van der Waals surface area contributed by atoms with Gasteiger partial charge in [-0.1, -0.05) is 41.5 Å². The summed E-state index contributed by atoms with van der Waals surface area (Å²) < 4.78 is 13.1. The van der Waals surface area contributed by atoms with E-state index in [9.17, 15) is 4.55 Å². The van der Waals surface area contributed by atoms with Crippen molar-refractivity contribution in [1.82, 2.24) is 0 Å². The smallest absolute Gasteiger partial charge is 0.158 e. The number of hydrogen-bond acceptors (Lipinski definition) is 3. The fourth-order valence-electron chi connectivity index (χ4n) is 2.11. The lowest BCUT2D eigenvalue weighted by molar-refractivity contribution is 0.595. The highest BCUT2D eigenvalue weighted by Crippen LogP contribution is 2.34. The molecule has 1 nitrogen and oxygen atoms in total. The maximum Gasteiger partial charge on any atom is 0.158 e. The number of rotatable bonds is 4. The third-order valence-electron chi connectivity index (χ3n) is 2.92. The van der Waals surface area contributed by atoms with Crippen LogP contribution in [0.5, 0.6) is 0 Å². The van der Waals surface area contributed by atoms with Gasteiger partial charge in [-0.05, 0) is 48.5 Å². The van der Waals surface area contributed by atoms with E-state index in [1.165, 1.54) is 9.79 Å². The van der Waals surface area contributed by atoms with Crippen molar-refractivity contribution in [2.24, 2.45) is 0 Å². The molecule has 0 unspecified atom stereocenters. The molecule has 0 aliphatic heterocycles. The van der Waals surface area contributed by atoms with Crippen LogP contribution in [0.1, 0.15) is 41.5 Å². The quantitative estimate of drug-likeness (QED) is 0.440. The third-order valence-corrected chi connectivity index (χ3v) is 6.56. The van der Waals surface area contributed by atoms with Crippen LogP contribution in [-0.2, 0) is 11.2 Å². The summed E-state index contributed by atoms with van der Waals surface area (Å²) >= 11 is 2.52. The van der Waals surface area contributed by atoms with Crippen LogP contribution in [0.15, 0.2) is 68.1 Å². The Bertz CT molecular complexity index is 590. The Morgan fingerprint density at radius 1 is 0.625 bits per heavy atom. The zero-order valence-electron chi connectivity index (χ0n) is 15.3. The predicted octanol–water partition coefficient (Wildman–Crippen LogP) is 6.63. The molecule has 0 atom stereocenters. The van der Waals surface area contributed by atoms with Crippen molar-refractivity contribution in [2.75, 3.05) is 0 Å². The predicted molar refractivity (Wildman–Crippen MR) is 109 cm³/mol. The first-order valence-electron chi connectivity index (χ1n) is 8.03. The van der Waals surface area contributed by atoms with Gasteiger partial charge in [-0.25, -0.2) is 0 Å². The normalized spacial score (nSPS) is 12.7. The Morgan fingerprint density at radius 2 is 0.917 bits per heavy atom. The number of benzene rings is 2. The summed E-state index contributed by atoms with van der Waals surface area (Å²) in [7, 11) is 0. The topological polar surface area (TPSA) is 23.1 Å². The summed E-state index contributed by atoms with van der Waals surface area (Å²) in [6, 6.07) is 16.1. The first-order valence-corrected chi connectivity index (χ1v) is 10.8. The molecule has 130 valence electrons. The van der Waals surface area contributed by atoms with Crippen molar-refractivity contribution in [3.63, 3.8) is 0 Å². The molecule has 2 aromatic carbocycles. The molecule has 0 amide bonds. The van der Waals surface area contributed by atoms with Gasteiger partial charge >= 0.3 is 0 Å². The van der Waals surface area contributed by atoms with E-state index < -0.39 is 11.2 Å². The lowest BCUT2D eigenvalue weighted by Crippen LogP contribution is -2.07. The van der Waals surface area contributed by atoms with Gasteiger partial charge in [0.1, 0.15) is 0 Å². The van der Waals surface area contributed by atoms with Gasteiger partial charge in [0.2, 0.25) is 0 Å². The molecule has 2 aromatic rings. The Labute approximate surface area is 158 Å². The van der Waals surface area contributed by atoms with Crippen LogP contribution in [0.4, 0.5) is 0 Å². The molecule has 4 heteroatoms. The van der Waals surface area contributed by atoms with Crippen molar-refractivity contribution in [2.45, 2.75) is 70.6 Å². The second-order valence-corrected chi connectivity index (χ2v) is 12.9. The van der Waals surface area contributed by atoms with Crippen molar-refractivity contribution in [3.05, 3.63) is 48.5 Å². The zero-order chi connectivity index (χ0) is 18.0. The van der Waals surface area contributed by atoms with E-state index in [0.717, 1.165) is 9.79 Å². The average Bonchev–Trinajstić information content (AvgIpc) is 2.45. The minimum atomic E-state index is -1.13. The van der Waals surface area contributed by atoms with Gasteiger partial charge in [-0.15, -0.1) is 23.5 Å². The van der Waals surface area contributed by atoms with Crippen LogP contribution in [-0.4, -0.2) is 14.0 Å². The Hall–Kier alpha value is -0.550. The van der Waals surface area contributed by atoms with Gasteiger partial charge in [-0.3, -0.25) is 0 Å². The molecule has 24 heavy (non-hydrogen) atoms. The fourth-order valence-corrected chi connectivity index (χ4v) is 5.10. The van der Waals surface area contributed by atoms with Crippen molar-refractivity contribution < 1.29 is 4.55 Å². The first kappa shape index (κ1) is 19.8. The lowest BCUT2D eigenvalue weighted by Gasteiger charge is -2.18. The summed E-state index contributed by atoms with van der Waals surface area (Å²) in [5.41, 5.74) is 0. The summed E-state index contributed by atoms with van der Waals surface area (Å²) in [6.45, 7) is 13.2. The van der Waals surface area contributed by atoms with Crippen molar-refractivity contribution in [1.29, 1.82) is 0 Å². The van der Waals surface area contributed by atoms with Gasteiger partial charge < -0.3 is 4.55 Å². The summed E-state index contributed by atoms with van der Waals surface area (Å²) in [6.07, 6.45) is 0. The van der Waals surface area contributed by atoms with Crippen LogP contribution < -0.4 is 0 Å². The molecular formula is C20H26OS3. The molecule has 0 fully saturated rings. The first-order chi connectivity index (χ1) is 11.0. The molecule has 0 aliphatic rings. The highest BCUT2D eigenvalue weighted by molar-refractivity contribution is 8.00. The molecule has 0 heterocycles. The minimum absolute atomic E-state index is 0.182. The highest BCUT2D eigenvalue weighted by Gasteiger charge is 2.18. The monoisotopic (exact) mass is 378 g/mol. The lowest BCUT2D eigenvalue weighted by atomic mass is 10.3. The van der Waals surface area contributed by atoms with Gasteiger partial charge in [-0.2, -0.15) is 0 Å². The molecule has 0 saturated heterocycles. The van der Waals surface area contributed by atoms with Crippen LogP contribution in [0.25, 0.3) is 0 Å². The van der Waals surface area contributed by atoms with Crippen LogP contribution in [0.2, 0.25) is 0 Å². The molecule has 0 N–H and O–H groups in total. The SMILES string of the molecule is CC(C)(C)Sc1ccc([S+]([O-])c2ccc(SC(C)(C)C)cc2)cc1. The van der Waals surface area contributed by atoms with E-state index in [1.54, 1.807) is 0 Å². The maximum absolute atomic E-state index is 12.7. The second kappa shape index (κ2) is 7.77. The number of hydrogen-bond donors (Lipinski definition) is 0. The highest BCUT2D eigenvalue weighted by atomic mass is 32.2. The fraction of sp³-hybridized carbons (Fsp3) is 0.400. The minimum Gasteiger partial charge on any atom is -0.606 e. The molecule has 0 saturated carbocycles. The molecule has 0 aromatic heterocycles. The maximum atomic E-state index is 12.7. The van der Waals surface area contributed by atoms with Crippen molar-refractivity contribution in [3.8, 4) is 0 Å². The molecular weight excluding hydrogens is 352 g/mol. The molecule has 0 spiro atoms. The van der Waals surface area contributed by atoms with Crippen LogP contribution >= 0.6 is 23.5 Å². The van der Waals surface area contributed by atoms with Gasteiger partial charge in [0, 0.05) is 30.5 Å². The Morgan fingerprint density at radius 3 is 1.17 bits per heavy atom. The largest absolute Gasteiger partial charge is 0.606 e. The van der Waals surface area contributed by atoms with E-state index in [0.29, 0.717) is 0 Å². The summed E-state index contributed by atoms with van der Waals surface area (Å²) in [4.78, 5) is 4.12. The van der Waals surface area contributed by atoms with Crippen LogP contribution in [0, 0.1) is 0 Å². The summed E-state index contributed by atoms with van der Waals surface area (Å²) in [5, 5.41) is 0. The zero-order valence-corrected chi connectivity index (χ0v) is 17.7. The Balaban J connectivity index is 2.09. The average molecular weight is 379 g/mol.